The van der Waals surface area contributed by atoms with Crippen molar-refractivity contribution in [2.45, 2.75) is 32.3 Å². The van der Waals surface area contributed by atoms with Crippen LogP contribution >= 0.6 is 0 Å². The Labute approximate surface area is 114 Å². The summed E-state index contributed by atoms with van der Waals surface area (Å²) in [7, 11) is 0. The van der Waals surface area contributed by atoms with Crippen LogP contribution in [0.4, 0.5) is 0 Å². The van der Waals surface area contributed by atoms with Crippen molar-refractivity contribution in [1.29, 1.82) is 0 Å². The van der Waals surface area contributed by atoms with Gasteiger partial charge in [0.1, 0.15) is 0 Å². The topological polar surface area (TPSA) is 22.1 Å². The van der Waals surface area contributed by atoms with Crippen molar-refractivity contribution < 1.29 is 4.74 Å². The fraction of sp³-hybridized carbons (Fsp3) is 0.353. The van der Waals surface area contributed by atoms with E-state index >= 15 is 0 Å². The number of ether oxygens (including phenoxy) is 1. The number of hydrogen-bond donors (Lipinski definition) is 0. The molecule has 0 aliphatic carbocycles. The average molecular weight is 253 g/mol. The number of pyridine rings is 1. The molecule has 1 aromatic carbocycles. The number of hydrogen-bond acceptors (Lipinski definition) is 2. The van der Waals surface area contributed by atoms with Gasteiger partial charge in [-0.05, 0) is 35.6 Å². The van der Waals surface area contributed by atoms with Crippen LogP contribution in [0.5, 0.6) is 0 Å². The first kappa shape index (κ1) is 12.4. The van der Waals surface area contributed by atoms with Crippen molar-refractivity contribution in [2.75, 3.05) is 6.61 Å². The summed E-state index contributed by atoms with van der Waals surface area (Å²) in [5.74, 6) is 0. The van der Waals surface area contributed by atoms with E-state index < -0.39 is 0 Å². The summed E-state index contributed by atoms with van der Waals surface area (Å²) in [4.78, 5) is 4.23. The molecule has 1 aliphatic rings. The van der Waals surface area contributed by atoms with Gasteiger partial charge in [-0.3, -0.25) is 4.98 Å². The summed E-state index contributed by atoms with van der Waals surface area (Å²) >= 11 is 0. The maximum absolute atomic E-state index is 5.92. The molecular formula is C17H19NO. The molecule has 0 amide bonds. The number of rotatable bonds is 3. The third-order valence-electron chi connectivity index (χ3n) is 3.75. The van der Waals surface area contributed by atoms with E-state index in [1.807, 2.05) is 18.5 Å². The van der Waals surface area contributed by atoms with Gasteiger partial charge in [-0.1, -0.05) is 37.6 Å². The molecule has 0 saturated heterocycles. The zero-order valence-corrected chi connectivity index (χ0v) is 11.3. The number of nitrogens with zero attached hydrogens (tertiary/aromatic N) is 1. The van der Waals surface area contributed by atoms with E-state index in [1.54, 1.807) is 0 Å². The minimum atomic E-state index is 0.269. The minimum Gasteiger partial charge on any atom is -0.373 e. The van der Waals surface area contributed by atoms with Gasteiger partial charge in [0, 0.05) is 18.0 Å². The van der Waals surface area contributed by atoms with E-state index in [-0.39, 0.29) is 6.10 Å². The standard InChI is InChI=1S/C17H19NO/c1-2-5-17-16-8-3-7-14(15(16)9-11-19-17)13-6-4-10-18-12-13/h3-4,6-8,10,12,17H,2,5,9,11H2,1H3/t17-/m1/s1. The molecule has 0 unspecified atom stereocenters. The molecule has 2 nitrogen and oxygen atoms in total. The highest BCUT2D eigenvalue weighted by Crippen LogP contribution is 2.36. The lowest BCUT2D eigenvalue weighted by atomic mass is 9.89. The molecule has 0 bridgehead atoms. The second-order valence-corrected chi connectivity index (χ2v) is 5.01. The predicted molar refractivity (Wildman–Crippen MR) is 77.0 cm³/mol. The SMILES string of the molecule is CCC[C@H]1OCCc2c(-c3cccnc3)cccc21. The molecule has 0 N–H and O–H groups in total. The van der Waals surface area contributed by atoms with Crippen LogP contribution in [-0.4, -0.2) is 11.6 Å². The van der Waals surface area contributed by atoms with E-state index in [2.05, 4.69) is 36.2 Å². The smallest absolute Gasteiger partial charge is 0.0827 e. The van der Waals surface area contributed by atoms with Crippen LogP contribution in [-0.2, 0) is 11.2 Å². The van der Waals surface area contributed by atoms with E-state index in [0.29, 0.717) is 0 Å². The fourth-order valence-corrected chi connectivity index (χ4v) is 2.87. The Kier molecular flexibility index (Phi) is 3.60. The number of aromatic nitrogens is 1. The van der Waals surface area contributed by atoms with Crippen molar-refractivity contribution in [3.05, 3.63) is 53.9 Å². The molecule has 1 atom stereocenters. The van der Waals surface area contributed by atoms with Crippen molar-refractivity contribution in [2.24, 2.45) is 0 Å². The second-order valence-electron chi connectivity index (χ2n) is 5.01. The second kappa shape index (κ2) is 5.54. The maximum atomic E-state index is 5.92. The lowest BCUT2D eigenvalue weighted by molar-refractivity contribution is 0.0362. The molecule has 1 aliphatic heterocycles. The van der Waals surface area contributed by atoms with Gasteiger partial charge in [-0.2, -0.15) is 0 Å². The number of benzene rings is 1. The van der Waals surface area contributed by atoms with Crippen LogP contribution in [0, 0.1) is 0 Å². The summed E-state index contributed by atoms with van der Waals surface area (Å²) in [6.45, 7) is 3.04. The largest absolute Gasteiger partial charge is 0.373 e. The molecule has 98 valence electrons. The third kappa shape index (κ3) is 2.41. The first-order valence-corrected chi connectivity index (χ1v) is 7.04. The average Bonchev–Trinajstić information content (AvgIpc) is 2.48. The van der Waals surface area contributed by atoms with Crippen molar-refractivity contribution in [3.63, 3.8) is 0 Å². The molecule has 19 heavy (non-hydrogen) atoms. The highest BCUT2D eigenvalue weighted by Gasteiger charge is 2.22. The van der Waals surface area contributed by atoms with E-state index in [1.165, 1.54) is 22.3 Å². The number of fused-ring (bicyclic) bond motifs is 1. The monoisotopic (exact) mass is 253 g/mol. The Morgan fingerprint density at radius 1 is 1.26 bits per heavy atom. The molecule has 3 rings (SSSR count). The first-order chi connectivity index (χ1) is 9.40. The molecular weight excluding hydrogens is 234 g/mol. The van der Waals surface area contributed by atoms with Crippen LogP contribution in [0.1, 0.15) is 37.0 Å². The maximum Gasteiger partial charge on any atom is 0.0827 e. The Bertz CT molecular complexity index is 550. The predicted octanol–water partition coefficient (Wildman–Crippen LogP) is 4.16. The van der Waals surface area contributed by atoms with E-state index in [0.717, 1.165) is 25.9 Å². The van der Waals surface area contributed by atoms with Crippen LogP contribution in [0.15, 0.2) is 42.7 Å². The molecule has 0 saturated carbocycles. The third-order valence-corrected chi connectivity index (χ3v) is 3.75. The van der Waals surface area contributed by atoms with Gasteiger partial charge >= 0.3 is 0 Å². The van der Waals surface area contributed by atoms with E-state index in [4.69, 9.17) is 4.74 Å². The lowest BCUT2D eigenvalue weighted by Crippen LogP contribution is -2.17. The highest BCUT2D eigenvalue weighted by atomic mass is 16.5. The van der Waals surface area contributed by atoms with Crippen molar-refractivity contribution >= 4 is 0 Å². The minimum absolute atomic E-state index is 0.269. The summed E-state index contributed by atoms with van der Waals surface area (Å²) < 4.78 is 5.92. The Morgan fingerprint density at radius 2 is 2.21 bits per heavy atom. The van der Waals surface area contributed by atoms with Gasteiger partial charge in [0.15, 0.2) is 0 Å². The van der Waals surface area contributed by atoms with Crippen molar-refractivity contribution in [1.82, 2.24) is 4.98 Å². The highest BCUT2D eigenvalue weighted by molar-refractivity contribution is 5.68. The summed E-state index contributed by atoms with van der Waals surface area (Å²) in [6, 6.07) is 10.7. The summed E-state index contributed by atoms with van der Waals surface area (Å²) in [5.41, 5.74) is 5.33. The van der Waals surface area contributed by atoms with E-state index in [9.17, 15) is 0 Å². The quantitative estimate of drug-likeness (QED) is 0.819. The van der Waals surface area contributed by atoms with Gasteiger partial charge < -0.3 is 4.74 Å². The van der Waals surface area contributed by atoms with Gasteiger partial charge in [-0.15, -0.1) is 0 Å². The van der Waals surface area contributed by atoms with Gasteiger partial charge in [0.25, 0.3) is 0 Å². The van der Waals surface area contributed by atoms with Crippen LogP contribution in [0.2, 0.25) is 0 Å². The first-order valence-electron chi connectivity index (χ1n) is 7.04. The van der Waals surface area contributed by atoms with Crippen LogP contribution in [0.25, 0.3) is 11.1 Å². The summed E-state index contributed by atoms with van der Waals surface area (Å²) in [6.07, 6.45) is 7.29. The Morgan fingerprint density at radius 3 is 3.00 bits per heavy atom. The van der Waals surface area contributed by atoms with Gasteiger partial charge in [0.2, 0.25) is 0 Å². The van der Waals surface area contributed by atoms with Gasteiger partial charge in [0.05, 0.1) is 12.7 Å². The van der Waals surface area contributed by atoms with Crippen LogP contribution < -0.4 is 0 Å². The fourth-order valence-electron chi connectivity index (χ4n) is 2.87. The zero-order chi connectivity index (χ0) is 13.1. The molecule has 2 aromatic rings. The zero-order valence-electron chi connectivity index (χ0n) is 11.3. The molecule has 2 heterocycles. The summed E-state index contributed by atoms with van der Waals surface area (Å²) in [5, 5.41) is 0. The molecule has 2 heteroatoms. The Balaban J connectivity index is 2.06. The normalized spacial score (nSPS) is 18.1. The molecule has 1 aromatic heterocycles. The lowest BCUT2D eigenvalue weighted by Gasteiger charge is -2.27. The Hall–Kier alpha value is -1.67. The molecule has 0 spiro atoms. The van der Waals surface area contributed by atoms with Crippen molar-refractivity contribution in [3.8, 4) is 11.1 Å². The van der Waals surface area contributed by atoms with Crippen LogP contribution in [0.3, 0.4) is 0 Å². The molecule has 0 radical (unpaired) electrons. The van der Waals surface area contributed by atoms with Gasteiger partial charge in [-0.25, -0.2) is 0 Å². The molecule has 0 fully saturated rings.